The van der Waals surface area contributed by atoms with Crippen LogP contribution >= 0.6 is 15.9 Å². The van der Waals surface area contributed by atoms with E-state index in [2.05, 4.69) is 39.4 Å². The van der Waals surface area contributed by atoms with Gasteiger partial charge in [0.05, 0.1) is 6.61 Å². The second kappa shape index (κ2) is 3.58. The van der Waals surface area contributed by atoms with Crippen LogP contribution in [0.3, 0.4) is 0 Å². The normalized spacial score (nSPS) is 29.4. The van der Waals surface area contributed by atoms with Gasteiger partial charge < -0.3 is 10.1 Å². The molecule has 0 unspecified atom stereocenters. The lowest BCUT2D eigenvalue weighted by molar-refractivity contribution is -0.0695. The van der Waals surface area contributed by atoms with Crippen LogP contribution in [0.25, 0.3) is 0 Å². The molecule has 1 aliphatic heterocycles. The first kappa shape index (κ1) is 9.82. The summed E-state index contributed by atoms with van der Waals surface area (Å²) in [6.45, 7) is 2.77. The van der Waals surface area contributed by atoms with Gasteiger partial charge in [-0.1, -0.05) is 22.0 Å². The van der Waals surface area contributed by atoms with Crippen LogP contribution in [0.4, 0.5) is 0 Å². The molecule has 15 heavy (non-hydrogen) atoms. The summed E-state index contributed by atoms with van der Waals surface area (Å²) in [6.07, 6.45) is 2.25. The fraction of sp³-hybridized carbons (Fsp3) is 0.500. The standard InChI is InChI=1S/C12H14BrNO/c13-10-1-2-11-9(7-10)3-4-12(11)8-14-5-6-15-12/h1-2,7,14H,3-6,8H2/t12-/m1/s1. The zero-order chi connectivity index (χ0) is 10.3. The number of ether oxygens (including phenoxy) is 1. The lowest BCUT2D eigenvalue weighted by Gasteiger charge is -2.35. The molecule has 1 N–H and O–H groups in total. The predicted octanol–water partition coefficient (Wildman–Crippen LogP) is 2.21. The quantitative estimate of drug-likeness (QED) is 0.779. The number of rotatable bonds is 0. The lowest BCUT2D eigenvalue weighted by atomic mass is 9.94. The monoisotopic (exact) mass is 267 g/mol. The molecule has 0 saturated carbocycles. The van der Waals surface area contributed by atoms with Crippen molar-refractivity contribution in [2.24, 2.45) is 0 Å². The fourth-order valence-corrected chi connectivity index (χ4v) is 3.09. The lowest BCUT2D eigenvalue weighted by Crippen LogP contribution is -2.46. The van der Waals surface area contributed by atoms with E-state index >= 15 is 0 Å². The average Bonchev–Trinajstić information content (AvgIpc) is 2.58. The summed E-state index contributed by atoms with van der Waals surface area (Å²) < 4.78 is 7.18. The molecule has 1 spiro atoms. The summed E-state index contributed by atoms with van der Waals surface area (Å²) in [4.78, 5) is 0. The molecule has 0 aromatic heterocycles. The summed E-state index contributed by atoms with van der Waals surface area (Å²) in [5.74, 6) is 0. The Morgan fingerprint density at radius 3 is 3.13 bits per heavy atom. The van der Waals surface area contributed by atoms with Gasteiger partial charge in [-0.3, -0.25) is 0 Å². The van der Waals surface area contributed by atoms with Crippen LogP contribution in [0.5, 0.6) is 0 Å². The van der Waals surface area contributed by atoms with Crippen molar-refractivity contribution >= 4 is 15.9 Å². The van der Waals surface area contributed by atoms with E-state index in [1.54, 1.807) is 0 Å². The van der Waals surface area contributed by atoms with Crippen molar-refractivity contribution in [1.82, 2.24) is 5.32 Å². The second-order valence-corrected chi connectivity index (χ2v) is 5.24. The van der Waals surface area contributed by atoms with E-state index in [1.807, 2.05) is 0 Å². The number of benzene rings is 1. The Bertz CT molecular complexity index is 385. The predicted molar refractivity (Wildman–Crippen MR) is 63.0 cm³/mol. The number of morpholine rings is 1. The van der Waals surface area contributed by atoms with Crippen molar-refractivity contribution in [3.05, 3.63) is 33.8 Å². The molecule has 1 fully saturated rings. The van der Waals surface area contributed by atoms with Crippen LogP contribution in [0.1, 0.15) is 17.5 Å². The van der Waals surface area contributed by atoms with Crippen LogP contribution in [0.15, 0.2) is 22.7 Å². The van der Waals surface area contributed by atoms with E-state index in [0.29, 0.717) is 0 Å². The molecule has 1 atom stereocenters. The van der Waals surface area contributed by atoms with Gasteiger partial charge >= 0.3 is 0 Å². The first-order chi connectivity index (χ1) is 7.30. The third-order valence-corrected chi connectivity index (χ3v) is 3.92. The van der Waals surface area contributed by atoms with Gasteiger partial charge in [-0.05, 0) is 36.1 Å². The summed E-state index contributed by atoms with van der Waals surface area (Å²) in [5, 5.41) is 3.44. The molecular formula is C12H14BrNO. The van der Waals surface area contributed by atoms with E-state index in [1.165, 1.54) is 15.6 Å². The van der Waals surface area contributed by atoms with E-state index < -0.39 is 0 Å². The highest BCUT2D eigenvalue weighted by atomic mass is 79.9. The Hall–Kier alpha value is -0.380. The van der Waals surface area contributed by atoms with Crippen molar-refractivity contribution < 1.29 is 4.74 Å². The zero-order valence-corrected chi connectivity index (χ0v) is 10.1. The summed E-state index contributed by atoms with van der Waals surface area (Å²) in [7, 11) is 0. The van der Waals surface area contributed by atoms with Crippen molar-refractivity contribution in [3.8, 4) is 0 Å². The Labute approximate surface area is 98.1 Å². The van der Waals surface area contributed by atoms with Crippen molar-refractivity contribution in [3.63, 3.8) is 0 Å². The van der Waals surface area contributed by atoms with Gasteiger partial charge in [-0.2, -0.15) is 0 Å². The van der Waals surface area contributed by atoms with Gasteiger partial charge in [0.2, 0.25) is 0 Å². The van der Waals surface area contributed by atoms with E-state index in [9.17, 15) is 0 Å². The van der Waals surface area contributed by atoms with E-state index in [0.717, 1.165) is 32.5 Å². The summed E-state index contributed by atoms with van der Waals surface area (Å²) >= 11 is 3.52. The molecular weight excluding hydrogens is 254 g/mol. The molecule has 0 bridgehead atoms. The number of aryl methyl sites for hydroxylation is 1. The highest BCUT2D eigenvalue weighted by Gasteiger charge is 2.40. The topological polar surface area (TPSA) is 21.3 Å². The third kappa shape index (κ3) is 1.53. The van der Waals surface area contributed by atoms with Gasteiger partial charge in [0.25, 0.3) is 0 Å². The Morgan fingerprint density at radius 1 is 1.40 bits per heavy atom. The molecule has 2 nitrogen and oxygen atoms in total. The van der Waals surface area contributed by atoms with Gasteiger partial charge in [0, 0.05) is 17.6 Å². The van der Waals surface area contributed by atoms with Crippen LogP contribution in [-0.4, -0.2) is 19.7 Å². The van der Waals surface area contributed by atoms with E-state index in [-0.39, 0.29) is 5.60 Å². The highest BCUT2D eigenvalue weighted by molar-refractivity contribution is 9.10. The van der Waals surface area contributed by atoms with Gasteiger partial charge in [0.15, 0.2) is 0 Å². The maximum Gasteiger partial charge on any atom is 0.106 e. The third-order valence-electron chi connectivity index (χ3n) is 3.42. The minimum Gasteiger partial charge on any atom is -0.368 e. The summed E-state index contributed by atoms with van der Waals surface area (Å²) in [5.41, 5.74) is 2.79. The first-order valence-electron chi connectivity index (χ1n) is 5.44. The van der Waals surface area contributed by atoms with Gasteiger partial charge in [-0.15, -0.1) is 0 Å². The molecule has 3 heteroatoms. The van der Waals surface area contributed by atoms with Crippen molar-refractivity contribution in [2.75, 3.05) is 19.7 Å². The average molecular weight is 268 g/mol. The minimum absolute atomic E-state index is 0.0334. The second-order valence-electron chi connectivity index (χ2n) is 4.32. The Kier molecular flexibility index (Phi) is 2.34. The van der Waals surface area contributed by atoms with Crippen LogP contribution in [0.2, 0.25) is 0 Å². The maximum absolute atomic E-state index is 6.01. The highest BCUT2D eigenvalue weighted by Crippen LogP contribution is 2.41. The largest absolute Gasteiger partial charge is 0.368 e. The molecule has 0 amide bonds. The number of nitrogens with one attached hydrogen (secondary N) is 1. The van der Waals surface area contributed by atoms with Gasteiger partial charge in [-0.25, -0.2) is 0 Å². The minimum atomic E-state index is -0.0334. The molecule has 1 aromatic rings. The molecule has 80 valence electrons. The van der Waals surface area contributed by atoms with Crippen molar-refractivity contribution in [1.29, 1.82) is 0 Å². The molecule has 2 aliphatic rings. The molecule has 1 heterocycles. The number of hydrogen-bond acceptors (Lipinski definition) is 2. The maximum atomic E-state index is 6.01. The molecule has 1 aromatic carbocycles. The Balaban J connectivity index is 2.03. The van der Waals surface area contributed by atoms with Crippen LogP contribution < -0.4 is 5.32 Å². The smallest absolute Gasteiger partial charge is 0.106 e. The van der Waals surface area contributed by atoms with Crippen LogP contribution in [0, 0.1) is 0 Å². The van der Waals surface area contributed by atoms with Crippen molar-refractivity contribution in [2.45, 2.75) is 18.4 Å². The molecule has 0 radical (unpaired) electrons. The summed E-state index contributed by atoms with van der Waals surface area (Å²) in [6, 6.07) is 6.55. The number of fused-ring (bicyclic) bond motifs is 2. The molecule has 1 saturated heterocycles. The zero-order valence-electron chi connectivity index (χ0n) is 8.55. The molecule has 3 rings (SSSR count). The van der Waals surface area contributed by atoms with Crippen LogP contribution in [-0.2, 0) is 16.8 Å². The first-order valence-corrected chi connectivity index (χ1v) is 6.23. The number of halogens is 1. The Morgan fingerprint density at radius 2 is 2.33 bits per heavy atom. The van der Waals surface area contributed by atoms with Gasteiger partial charge in [0.1, 0.15) is 5.60 Å². The van der Waals surface area contributed by atoms with E-state index in [4.69, 9.17) is 4.74 Å². The fourth-order valence-electron chi connectivity index (χ4n) is 2.68. The molecule has 1 aliphatic carbocycles. The SMILES string of the molecule is Brc1ccc2c(c1)CC[C@@]21CNCCO1. The number of hydrogen-bond donors (Lipinski definition) is 1.